The Morgan fingerprint density at radius 2 is 1.80 bits per heavy atom. The minimum atomic E-state index is -0.262. The van der Waals surface area contributed by atoms with Gasteiger partial charge >= 0.3 is 0 Å². The molecule has 0 bridgehead atoms. The lowest BCUT2D eigenvalue weighted by molar-refractivity contribution is -0.116. The molecule has 0 atom stereocenters. The highest BCUT2D eigenvalue weighted by Gasteiger charge is 2.19. The van der Waals surface area contributed by atoms with Gasteiger partial charge in [-0.15, -0.1) is 0 Å². The van der Waals surface area contributed by atoms with Crippen molar-refractivity contribution in [2.24, 2.45) is 0 Å². The monoisotopic (exact) mass is 404 g/mol. The number of nitrogens with zero attached hydrogens (tertiary/aromatic N) is 1. The van der Waals surface area contributed by atoms with Gasteiger partial charge in [0.25, 0.3) is 5.91 Å². The lowest BCUT2D eigenvalue weighted by Crippen LogP contribution is -2.35. The zero-order chi connectivity index (χ0) is 18.6. The average molecular weight is 405 g/mol. The van der Waals surface area contributed by atoms with Gasteiger partial charge in [-0.2, -0.15) is 0 Å². The second-order valence-electron chi connectivity index (χ2n) is 5.82. The molecular weight excluding hydrogens is 384 g/mol. The first-order chi connectivity index (χ1) is 11.8. The number of benzene rings is 2. The first-order valence-corrected chi connectivity index (χ1v) is 8.58. The van der Waals surface area contributed by atoms with Crippen LogP contribution in [0.15, 0.2) is 40.9 Å². The Kier molecular flexibility index (Phi) is 6.20. The molecule has 6 heteroatoms. The molecule has 0 unspecified atom stereocenters. The summed E-state index contributed by atoms with van der Waals surface area (Å²) < 4.78 is 5.81. The summed E-state index contributed by atoms with van der Waals surface area (Å²) in [5, 5.41) is 2.88. The van der Waals surface area contributed by atoms with E-state index >= 15 is 0 Å². The van der Waals surface area contributed by atoms with E-state index in [1.54, 1.807) is 32.4 Å². The highest BCUT2D eigenvalue weighted by molar-refractivity contribution is 9.10. The molecule has 0 aliphatic heterocycles. The molecule has 132 valence electrons. The van der Waals surface area contributed by atoms with Crippen molar-refractivity contribution in [2.45, 2.75) is 13.8 Å². The SMILES string of the molecule is COc1ccc(Br)c(C(=O)N(C)CC(=O)Nc2c(C)cccc2C)c1. The third kappa shape index (κ3) is 4.60. The van der Waals surface area contributed by atoms with Gasteiger partial charge in [0.15, 0.2) is 0 Å². The molecule has 2 aromatic rings. The maximum absolute atomic E-state index is 12.6. The lowest BCUT2D eigenvalue weighted by atomic mass is 10.1. The molecule has 0 saturated heterocycles. The van der Waals surface area contributed by atoms with Crippen molar-refractivity contribution < 1.29 is 14.3 Å². The average Bonchev–Trinajstić information content (AvgIpc) is 2.58. The largest absolute Gasteiger partial charge is 0.497 e. The summed E-state index contributed by atoms with van der Waals surface area (Å²) in [7, 11) is 3.14. The van der Waals surface area contributed by atoms with Crippen LogP contribution in [-0.4, -0.2) is 37.4 Å². The molecule has 0 fully saturated rings. The highest BCUT2D eigenvalue weighted by Crippen LogP contribution is 2.24. The molecule has 2 rings (SSSR count). The van der Waals surface area contributed by atoms with Gasteiger partial charge in [-0.1, -0.05) is 18.2 Å². The molecule has 5 nitrogen and oxygen atoms in total. The predicted octanol–water partition coefficient (Wildman–Crippen LogP) is 3.79. The standard InChI is InChI=1S/C19H21BrN2O3/c1-12-6-5-7-13(2)18(12)21-17(23)11-22(3)19(24)15-10-14(25-4)8-9-16(15)20/h5-10H,11H2,1-4H3,(H,21,23). The predicted molar refractivity (Wildman–Crippen MR) is 102 cm³/mol. The second-order valence-corrected chi connectivity index (χ2v) is 6.68. The van der Waals surface area contributed by atoms with Gasteiger partial charge in [0.1, 0.15) is 5.75 Å². The summed E-state index contributed by atoms with van der Waals surface area (Å²) >= 11 is 3.36. The van der Waals surface area contributed by atoms with Gasteiger partial charge in [0.05, 0.1) is 19.2 Å². The smallest absolute Gasteiger partial charge is 0.255 e. The number of carbonyl (C=O) groups excluding carboxylic acids is 2. The van der Waals surface area contributed by atoms with Gasteiger partial charge in [-0.25, -0.2) is 0 Å². The first kappa shape index (κ1) is 19.0. The third-order valence-corrected chi connectivity index (χ3v) is 4.57. The van der Waals surface area contributed by atoms with Crippen molar-refractivity contribution in [3.8, 4) is 5.75 Å². The summed E-state index contributed by atoms with van der Waals surface area (Å²) in [5.41, 5.74) is 3.20. The van der Waals surface area contributed by atoms with Gasteiger partial charge < -0.3 is 15.0 Å². The molecule has 0 aliphatic carbocycles. The minimum Gasteiger partial charge on any atom is -0.497 e. The number of amides is 2. The minimum absolute atomic E-state index is 0.0454. The van der Waals surface area contributed by atoms with Crippen molar-refractivity contribution in [1.82, 2.24) is 4.90 Å². The molecule has 0 spiro atoms. The number of anilines is 1. The number of nitrogens with one attached hydrogen (secondary N) is 1. The summed E-state index contributed by atoms with van der Waals surface area (Å²) in [6.45, 7) is 3.83. The molecule has 0 aromatic heterocycles. The summed E-state index contributed by atoms with van der Waals surface area (Å²) in [5.74, 6) is 0.0784. The number of ether oxygens (including phenoxy) is 1. The van der Waals surface area contributed by atoms with Crippen molar-refractivity contribution >= 4 is 33.4 Å². The van der Waals surface area contributed by atoms with E-state index in [1.165, 1.54) is 4.90 Å². The van der Waals surface area contributed by atoms with Crippen molar-refractivity contribution in [3.63, 3.8) is 0 Å². The second kappa shape index (κ2) is 8.16. The maximum Gasteiger partial charge on any atom is 0.255 e. The molecule has 0 heterocycles. The normalized spacial score (nSPS) is 10.3. The van der Waals surface area contributed by atoms with E-state index in [1.807, 2.05) is 32.0 Å². The molecular formula is C19H21BrN2O3. The fourth-order valence-corrected chi connectivity index (χ4v) is 2.89. The van der Waals surface area contributed by atoms with E-state index < -0.39 is 0 Å². The number of methoxy groups -OCH3 is 1. The molecule has 0 radical (unpaired) electrons. The van der Waals surface area contributed by atoms with Gasteiger partial charge in [0, 0.05) is 17.2 Å². The van der Waals surface area contributed by atoms with Crippen LogP contribution < -0.4 is 10.1 Å². The van der Waals surface area contributed by atoms with Crippen molar-refractivity contribution in [3.05, 3.63) is 57.6 Å². The lowest BCUT2D eigenvalue weighted by Gasteiger charge is -2.19. The van der Waals surface area contributed by atoms with Crippen LogP contribution in [0.5, 0.6) is 5.75 Å². The first-order valence-electron chi connectivity index (χ1n) is 7.78. The fourth-order valence-electron chi connectivity index (χ4n) is 2.48. The Morgan fingerprint density at radius 3 is 2.40 bits per heavy atom. The molecule has 0 aliphatic rings. The number of para-hydroxylation sites is 1. The molecule has 0 saturated carbocycles. The number of hydrogen-bond acceptors (Lipinski definition) is 3. The van der Waals surface area contributed by atoms with E-state index in [0.717, 1.165) is 16.8 Å². The zero-order valence-electron chi connectivity index (χ0n) is 14.7. The molecule has 1 N–H and O–H groups in total. The van der Waals surface area contributed by atoms with Crippen LogP contribution >= 0.6 is 15.9 Å². The van der Waals surface area contributed by atoms with Crippen LogP contribution in [0.2, 0.25) is 0 Å². The Morgan fingerprint density at radius 1 is 1.16 bits per heavy atom. The highest BCUT2D eigenvalue weighted by atomic mass is 79.9. The summed E-state index contributed by atoms with van der Waals surface area (Å²) in [6, 6.07) is 11.0. The number of likely N-dealkylation sites (N-methyl/N-ethyl adjacent to an activating group) is 1. The number of hydrogen-bond donors (Lipinski definition) is 1. The van der Waals surface area contributed by atoms with Crippen LogP contribution in [0.4, 0.5) is 5.69 Å². The molecule has 2 amide bonds. The quantitative estimate of drug-likeness (QED) is 0.824. The fraction of sp³-hybridized carbons (Fsp3) is 0.263. The summed E-state index contributed by atoms with van der Waals surface area (Å²) in [4.78, 5) is 26.3. The Bertz CT molecular complexity index is 785. The van der Waals surface area contributed by atoms with Gasteiger partial charge in [-0.3, -0.25) is 9.59 Å². The topological polar surface area (TPSA) is 58.6 Å². The third-order valence-electron chi connectivity index (χ3n) is 3.88. The molecule has 2 aromatic carbocycles. The van der Waals surface area contributed by atoms with Crippen LogP contribution in [0.25, 0.3) is 0 Å². The van der Waals surface area contributed by atoms with Crippen molar-refractivity contribution in [2.75, 3.05) is 26.0 Å². The van der Waals surface area contributed by atoms with E-state index in [-0.39, 0.29) is 18.4 Å². The van der Waals surface area contributed by atoms with Crippen LogP contribution in [0.3, 0.4) is 0 Å². The van der Waals surface area contributed by atoms with Crippen LogP contribution in [0.1, 0.15) is 21.5 Å². The van der Waals surface area contributed by atoms with E-state index in [2.05, 4.69) is 21.2 Å². The van der Waals surface area contributed by atoms with Crippen LogP contribution in [-0.2, 0) is 4.79 Å². The van der Waals surface area contributed by atoms with Gasteiger partial charge in [-0.05, 0) is 59.1 Å². The number of rotatable bonds is 5. The Balaban J connectivity index is 2.10. The van der Waals surface area contributed by atoms with Crippen LogP contribution in [0, 0.1) is 13.8 Å². The molecule has 25 heavy (non-hydrogen) atoms. The van der Waals surface area contributed by atoms with Crippen molar-refractivity contribution in [1.29, 1.82) is 0 Å². The number of carbonyl (C=O) groups is 2. The van der Waals surface area contributed by atoms with E-state index in [0.29, 0.717) is 15.8 Å². The number of halogens is 1. The van der Waals surface area contributed by atoms with E-state index in [4.69, 9.17) is 4.74 Å². The van der Waals surface area contributed by atoms with E-state index in [9.17, 15) is 9.59 Å². The Labute approximate surface area is 156 Å². The van der Waals surface area contributed by atoms with Gasteiger partial charge in [0.2, 0.25) is 5.91 Å². The Hall–Kier alpha value is -2.34. The summed E-state index contributed by atoms with van der Waals surface area (Å²) in [6.07, 6.45) is 0. The zero-order valence-corrected chi connectivity index (χ0v) is 16.3. The maximum atomic E-state index is 12.6. The number of aryl methyl sites for hydroxylation is 2.